The van der Waals surface area contributed by atoms with Crippen LogP contribution in [-0.2, 0) is 11.2 Å². The molecule has 0 unspecified atom stereocenters. The maximum atomic E-state index is 11.8. The lowest BCUT2D eigenvalue weighted by atomic mass is 10.2. The number of hydrogen-bond acceptors (Lipinski definition) is 5. The summed E-state index contributed by atoms with van der Waals surface area (Å²) in [6, 6.07) is 10.7. The first kappa shape index (κ1) is 18.8. The fourth-order valence-electron chi connectivity index (χ4n) is 2.00. The van der Waals surface area contributed by atoms with E-state index in [9.17, 15) is 9.90 Å². The SMILES string of the molecule is CCc1ccc(OCC(=O)N/N=C\c2cc(O)c(OC)cc2Br)cc1. The van der Waals surface area contributed by atoms with Gasteiger partial charge in [-0.15, -0.1) is 0 Å². The molecule has 0 fully saturated rings. The number of hydrazone groups is 1. The van der Waals surface area contributed by atoms with Crippen molar-refractivity contribution in [1.82, 2.24) is 5.43 Å². The molecule has 2 rings (SSSR count). The van der Waals surface area contributed by atoms with Gasteiger partial charge in [0.25, 0.3) is 5.91 Å². The van der Waals surface area contributed by atoms with Crippen molar-refractivity contribution in [2.24, 2.45) is 5.10 Å². The van der Waals surface area contributed by atoms with E-state index in [-0.39, 0.29) is 18.3 Å². The molecule has 0 saturated carbocycles. The Morgan fingerprint density at radius 1 is 1.32 bits per heavy atom. The molecular formula is C18H19BrN2O4. The van der Waals surface area contributed by atoms with E-state index >= 15 is 0 Å². The number of methoxy groups -OCH3 is 1. The number of nitrogens with zero attached hydrogens (tertiary/aromatic N) is 1. The third-order valence-electron chi connectivity index (χ3n) is 3.39. The number of amides is 1. The van der Waals surface area contributed by atoms with Crippen LogP contribution in [0.5, 0.6) is 17.2 Å². The summed E-state index contributed by atoms with van der Waals surface area (Å²) in [7, 11) is 1.46. The molecule has 2 aromatic carbocycles. The molecule has 0 aromatic heterocycles. The molecule has 0 radical (unpaired) electrons. The van der Waals surface area contributed by atoms with Gasteiger partial charge in [0.15, 0.2) is 18.1 Å². The van der Waals surface area contributed by atoms with Gasteiger partial charge in [0.05, 0.1) is 13.3 Å². The molecule has 0 spiro atoms. The maximum Gasteiger partial charge on any atom is 0.277 e. The Hall–Kier alpha value is -2.54. The normalized spacial score (nSPS) is 10.7. The second-order valence-electron chi connectivity index (χ2n) is 5.12. The molecule has 7 heteroatoms. The Morgan fingerprint density at radius 2 is 2.04 bits per heavy atom. The highest BCUT2D eigenvalue weighted by atomic mass is 79.9. The smallest absolute Gasteiger partial charge is 0.277 e. The first-order valence-electron chi connectivity index (χ1n) is 7.63. The summed E-state index contributed by atoms with van der Waals surface area (Å²) in [4.78, 5) is 11.8. The van der Waals surface area contributed by atoms with Crippen LogP contribution < -0.4 is 14.9 Å². The van der Waals surface area contributed by atoms with Crippen molar-refractivity contribution in [1.29, 1.82) is 0 Å². The monoisotopic (exact) mass is 406 g/mol. The zero-order valence-corrected chi connectivity index (χ0v) is 15.5. The zero-order valence-electron chi connectivity index (χ0n) is 14.0. The molecular weight excluding hydrogens is 388 g/mol. The maximum absolute atomic E-state index is 11.8. The van der Waals surface area contributed by atoms with E-state index in [1.807, 2.05) is 24.3 Å². The Balaban J connectivity index is 1.86. The van der Waals surface area contributed by atoms with Gasteiger partial charge in [-0.3, -0.25) is 4.79 Å². The van der Waals surface area contributed by atoms with E-state index in [1.165, 1.54) is 25.0 Å². The predicted octanol–water partition coefficient (Wildman–Crippen LogP) is 3.25. The van der Waals surface area contributed by atoms with Crippen molar-refractivity contribution >= 4 is 28.1 Å². The summed E-state index contributed by atoms with van der Waals surface area (Å²) in [6.45, 7) is 1.93. The van der Waals surface area contributed by atoms with Crippen molar-refractivity contribution < 1.29 is 19.4 Å². The molecule has 0 aliphatic rings. The lowest BCUT2D eigenvalue weighted by molar-refractivity contribution is -0.123. The molecule has 2 N–H and O–H groups in total. The summed E-state index contributed by atoms with van der Waals surface area (Å²) in [6.07, 6.45) is 2.36. The minimum Gasteiger partial charge on any atom is -0.504 e. The third-order valence-corrected chi connectivity index (χ3v) is 4.08. The van der Waals surface area contributed by atoms with Gasteiger partial charge in [-0.05, 0) is 52.2 Å². The fourth-order valence-corrected chi connectivity index (χ4v) is 2.42. The van der Waals surface area contributed by atoms with Gasteiger partial charge < -0.3 is 14.6 Å². The van der Waals surface area contributed by atoms with Crippen molar-refractivity contribution in [3.63, 3.8) is 0 Å². The number of phenols is 1. The van der Waals surface area contributed by atoms with Gasteiger partial charge in [0.2, 0.25) is 0 Å². The van der Waals surface area contributed by atoms with Gasteiger partial charge in [-0.2, -0.15) is 5.10 Å². The number of nitrogens with one attached hydrogen (secondary N) is 1. The summed E-state index contributed by atoms with van der Waals surface area (Å²) in [5.41, 5.74) is 4.17. The van der Waals surface area contributed by atoms with E-state index in [2.05, 4.69) is 33.4 Å². The van der Waals surface area contributed by atoms with Gasteiger partial charge >= 0.3 is 0 Å². The summed E-state index contributed by atoms with van der Waals surface area (Å²) in [5.74, 6) is 0.566. The van der Waals surface area contributed by atoms with Gasteiger partial charge in [0.1, 0.15) is 5.75 Å². The number of aryl methyl sites for hydroxylation is 1. The molecule has 0 atom stereocenters. The highest BCUT2D eigenvalue weighted by Crippen LogP contribution is 2.31. The molecule has 0 saturated heterocycles. The van der Waals surface area contributed by atoms with Crippen LogP contribution in [0.25, 0.3) is 0 Å². The van der Waals surface area contributed by atoms with Crippen LogP contribution >= 0.6 is 15.9 Å². The Bertz CT molecular complexity index is 760. The van der Waals surface area contributed by atoms with Crippen LogP contribution in [0.3, 0.4) is 0 Å². The summed E-state index contributed by atoms with van der Waals surface area (Å²) >= 11 is 3.34. The Labute approximate surface area is 154 Å². The molecule has 0 aliphatic carbocycles. The number of ether oxygens (including phenoxy) is 2. The van der Waals surface area contributed by atoms with Gasteiger partial charge in [0, 0.05) is 10.0 Å². The number of halogens is 1. The third kappa shape index (κ3) is 5.49. The average Bonchev–Trinajstić information content (AvgIpc) is 2.63. The zero-order chi connectivity index (χ0) is 18.2. The van der Waals surface area contributed by atoms with E-state index in [1.54, 1.807) is 6.07 Å². The number of hydrogen-bond donors (Lipinski definition) is 2. The summed E-state index contributed by atoms with van der Waals surface area (Å²) in [5, 5.41) is 13.6. The minimum atomic E-state index is -0.385. The number of carbonyl (C=O) groups excluding carboxylic acids is 1. The van der Waals surface area contributed by atoms with Crippen LogP contribution in [0.15, 0.2) is 46.0 Å². The van der Waals surface area contributed by atoms with E-state index in [0.29, 0.717) is 21.5 Å². The van der Waals surface area contributed by atoms with E-state index in [0.717, 1.165) is 6.42 Å². The molecule has 0 bridgehead atoms. The number of rotatable bonds is 7. The number of phenolic OH excluding ortho intramolecular Hbond substituents is 1. The quantitative estimate of drug-likeness (QED) is 0.546. The van der Waals surface area contributed by atoms with E-state index in [4.69, 9.17) is 9.47 Å². The van der Waals surface area contributed by atoms with Crippen molar-refractivity contribution in [2.75, 3.05) is 13.7 Å². The molecule has 25 heavy (non-hydrogen) atoms. The highest BCUT2D eigenvalue weighted by molar-refractivity contribution is 9.10. The van der Waals surface area contributed by atoms with Crippen LogP contribution in [0.4, 0.5) is 0 Å². The second kappa shape index (κ2) is 9.08. The summed E-state index contributed by atoms with van der Waals surface area (Å²) < 4.78 is 11.1. The topological polar surface area (TPSA) is 80.2 Å². The molecule has 1 amide bonds. The lowest BCUT2D eigenvalue weighted by Gasteiger charge is -2.07. The van der Waals surface area contributed by atoms with Crippen LogP contribution in [0.1, 0.15) is 18.1 Å². The number of aromatic hydroxyl groups is 1. The fraction of sp³-hybridized carbons (Fsp3) is 0.222. The second-order valence-corrected chi connectivity index (χ2v) is 5.98. The van der Waals surface area contributed by atoms with Crippen LogP contribution in [0.2, 0.25) is 0 Å². The molecule has 132 valence electrons. The van der Waals surface area contributed by atoms with Crippen LogP contribution in [0, 0.1) is 0 Å². The van der Waals surface area contributed by atoms with Crippen molar-refractivity contribution in [3.05, 3.63) is 52.0 Å². The number of benzene rings is 2. The molecule has 0 aliphatic heterocycles. The highest BCUT2D eigenvalue weighted by Gasteiger charge is 2.07. The van der Waals surface area contributed by atoms with Crippen molar-refractivity contribution in [3.8, 4) is 17.2 Å². The largest absolute Gasteiger partial charge is 0.504 e. The first-order chi connectivity index (χ1) is 12.0. The Morgan fingerprint density at radius 3 is 2.68 bits per heavy atom. The van der Waals surface area contributed by atoms with Gasteiger partial charge in [-0.1, -0.05) is 19.1 Å². The molecule has 2 aromatic rings. The van der Waals surface area contributed by atoms with E-state index < -0.39 is 0 Å². The first-order valence-corrected chi connectivity index (χ1v) is 8.43. The Kier molecular flexibility index (Phi) is 6.82. The predicted molar refractivity (Wildman–Crippen MR) is 99.4 cm³/mol. The van der Waals surface area contributed by atoms with Crippen molar-refractivity contribution in [2.45, 2.75) is 13.3 Å². The molecule has 6 nitrogen and oxygen atoms in total. The number of carbonyl (C=O) groups is 1. The minimum absolute atomic E-state index is 0.0164. The molecule has 0 heterocycles. The average molecular weight is 407 g/mol. The van der Waals surface area contributed by atoms with Gasteiger partial charge in [-0.25, -0.2) is 5.43 Å². The van der Waals surface area contributed by atoms with Crippen LogP contribution in [-0.4, -0.2) is 30.9 Å². The lowest BCUT2D eigenvalue weighted by Crippen LogP contribution is -2.24. The standard InChI is InChI=1S/C18H19BrN2O4/c1-3-12-4-6-14(7-5-12)25-11-18(23)21-20-10-13-8-16(22)17(24-2)9-15(13)19/h4-10,22H,3,11H2,1-2H3,(H,21,23)/b20-10-.